The molecule has 0 saturated carbocycles. The minimum absolute atomic E-state index is 0.109. The van der Waals surface area contributed by atoms with Gasteiger partial charge in [-0.2, -0.15) is 11.3 Å². The molecular weight excluding hydrogens is 626 g/mol. The van der Waals surface area contributed by atoms with Crippen molar-refractivity contribution < 1.29 is 19.1 Å². The molecule has 4 aromatic carbocycles. The molecule has 45 heavy (non-hydrogen) atoms. The summed E-state index contributed by atoms with van der Waals surface area (Å²) in [7, 11) is 1.53. The van der Waals surface area contributed by atoms with Crippen LogP contribution in [0, 0.1) is 0 Å². The van der Waals surface area contributed by atoms with Gasteiger partial charge in [0.1, 0.15) is 16.7 Å². The first-order valence-electron chi connectivity index (χ1n) is 13.8. The average molecular weight is 654 g/mol. The Balaban J connectivity index is 1.32. The van der Waals surface area contributed by atoms with Gasteiger partial charge in [-0.3, -0.25) is 14.4 Å². The van der Waals surface area contributed by atoms with Gasteiger partial charge >= 0.3 is 0 Å². The number of hydrogen-bond acceptors (Lipinski definition) is 6. The van der Waals surface area contributed by atoms with Crippen LogP contribution in [-0.2, 0) is 9.59 Å². The summed E-state index contributed by atoms with van der Waals surface area (Å²) in [6.07, 6.45) is 1.63. The molecule has 0 aliphatic rings. The molecule has 0 saturated heterocycles. The van der Waals surface area contributed by atoms with Crippen molar-refractivity contribution in [3.05, 3.63) is 147 Å². The molecule has 1 unspecified atom stereocenters. The monoisotopic (exact) mass is 653 g/mol. The number of rotatable bonds is 11. The molecule has 0 aliphatic heterocycles. The van der Waals surface area contributed by atoms with Crippen LogP contribution in [-0.4, -0.2) is 24.8 Å². The number of carbonyl (C=O) groups is 3. The fourth-order valence-electron chi connectivity index (χ4n) is 4.29. The first-order valence-corrected chi connectivity index (χ1v) is 16.0. The molecular formula is C35H28ClN3O4S2. The smallest absolute Gasteiger partial charge is 0.272 e. The zero-order valence-corrected chi connectivity index (χ0v) is 26.4. The van der Waals surface area contributed by atoms with Gasteiger partial charge in [0.15, 0.2) is 0 Å². The molecule has 1 heterocycles. The second-order valence-electron chi connectivity index (χ2n) is 9.66. The van der Waals surface area contributed by atoms with E-state index in [1.807, 2.05) is 65.4 Å². The molecule has 5 aromatic rings. The Morgan fingerprint density at radius 2 is 1.58 bits per heavy atom. The van der Waals surface area contributed by atoms with E-state index in [1.54, 1.807) is 60.7 Å². The number of methoxy groups -OCH3 is 1. The van der Waals surface area contributed by atoms with Crippen molar-refractivity contribution in [1.82, 2.24) is 5.32 Å². The number of nitrogens with one attached hydrogen (secondary N) is 3. The number of carbonyl (C=O) groups excluding carboxylic acids is 3. The number of amides is 3. The van der Waals surface area contributed by atoms with Gasteiger partial charge in [-0.25, -0.2) is 0 Å². The standard InChI is InChI=1S/C35H28ClN3O4S2/c1-43-31-17-12-26(36)21-29(31)38-35(42)32(24-8-4-2-5-9-24)45-28-15-13-27(14-16-28)37-34(41)30(20-23-18-19-44-22-23)39-33(40)25-10-6-3-7-11-25/h2-22,32H,1H3,(H,37,41)(H,38,42)(H,39,40)/b30-20-. The lowest BCUT2D eigenvalue weighted by Crippen LogP contribution is -2.30. The van der Waals surface area contributed by atoms with Crippen molar-refractivity contribution >= 4 is 69.9 Å². The summed E-state index contributed by atoms with van der Waals surface area (Å²) >= 11 is 9.03. The molecule has 7 nitrogen and oxygen atoms in total. The normalized spacial score (nSPS) is 11.7. The van der Waals surface area contributed by atoms with E-state index in [-0.39, 0.29) is 17.5 Å². The van der Waals surface area contributed by atoms with E-state index in [2.05, 4.69) is 16.0 Å². The van der Waals surface area contributed by atoms with Crippen LogP contribution >= 0.6 is 34.7 Å². The summed E-state index contributed by atoms with van der Waals surface area (Å²) < 4.78 is 5.40. The average Bonchev–Trinajstić information content (AvgIpc) is 3.58. The highest BCUT2D eigenvalue weighted by atomic mass is 35.5. The van der Waals surface area contributed by atoms with Gasteiger partial charge < -0.3 is 20.7 Å². The molecule has 5 rings (SSSR count). The minimum atomic E-state index is -0.594. The fourth-order valence-corrected chi connectivity index (χ4v) is 6.11. The van der Waals surface area contributed by atoms with Crippen LogP contribution in [0.1, 0.15) is 26.7 Å². The third-order valence-electron chi connectivity index (χ3n) is 6.51. The first-order chi connectivity index (χ1) is 21.9. The molecule has 1 atom stereocenters. The summed E-state index contributed by atoms with van der Waals surface area (Å²) in [4.78, 5) is 40.6. The Bertz CT molecular complexity index is 1800. The van der Waals surface area contributed by atoms with Gasteiger partial charge in [-0.15, -0.1) is 11.8 Å². The maximum atomic E-state index is 13.6. The fraction of sp³-hybridized carbons (Fsp3) is 0.0571. The van der Waals surface area contributed by atoms with E-state index in [0.717, 1.165) is 16.0 Å². The number of hydrogen-bond donors (Lipinski definition) is 3. The number of thiophene rings is 1. The molecule has 0 bridgehead atoms. The highest BCUT2D eigenvalue weighted by Gasteiger charge is 2.24. The van der Waals surface area contributed by atoms with Crippen LogP contribution in [0.5, 0.6) is 5.75 Å². The van der Waals surface area contributed by atoms with Crippen molar-refractivity contribution in [2.75, 3.05) is 17.7 Å². The third-order valence-corrected chi connectivity index (χ3v) is 8.71. The second-order valence-corrected chi connectivity index (χ2v) is 12.1. The molecule has 226 valence electrons. The Morgan fingerprint density at radius 1 is 0.867 bits per heavy atom. The van der Waals surface area contributed by atoms with Crippen molar-refractivity contribution in [2.24, 2.45) is 0 Å². The predicted molar refractivity (Wildman–Crippen MR) is 183 cm³/mol. The van der Waals surface area contributed by atoms with Crippen molar-refractivity contribution in [3.63, 3.8) is 0 Å². The highest BCUT2D eigenvalue weighted by Crippen LogP contribution is 2.38. The van der Waals surface area contributed by atoms with Crippen molar-refractivity contribution in [2.45, 2.75) is 10.1 Å². The summed E-state index contributed by atoms with van der Waals surface area (Å²) in [5, 5.41) is 12.2. The Morgan fingerprint density at radius 3 is 2.24 bits per heavy atom. The summed E-state index contributed by atoms with van der Waals surface area (Å²) in [5.41, 5.74) is 3.16. The summed E-state index contributed by atoms with van der Waals surface area (Å²) in [6.45, 7) is 0. The van der Waals surface area contributed by atoms with Crippen molar-refractivity contribution in [1.29, 1.82) is 0 Å². The van der Waals surface area contributed by atoms with Crippen LogP contribution in [0.15, 0.2) is 131 Å². The van der Waals surface area contributed by atoms with E-state index < -0.39 is 11.2 Å². The first kappa shape index (κ1) is 31.6. The molecule has 0 spiro atoms. The maximum absolute atomic E-state index is 13.6. The molecule has 0 radical (unpaired) electrons. The van der Waals surface area contributed by atoms with Gasteiger partial charge in [0.05, 0.1) is 12.8 Å². The van der Waals surface area contributed by atoms with Gasteiger partial charge in [-0.1, -0.05) is 60.1 Å². The zero-order valence-electron chi connectivity index (χ0n) is 24.0. The number of ether oxygens (including phenoxy) is 1. The molecule has 3 N–H and O–H groups in total. The number of anilines is 2. The second kappa shape index (κ2) is 15.3. The molecule has 10 heteroatoms. The third kappa shape index (κ3) is 8.63. The topological polar surface area (TPSA) is 96.5 Å². The Labute approximate surface area is 274 Å². The predicted octanol–water partition coefficient (Wildman–Crippen LogP) is 8.29. The van der Waals surface area contributed by atoms with Crippen LogP contribution in [0.4, 0.5) is 11.4 Å². The molecule has 0 aliphatic carbocycles. The minimum Gasteiger partial charge on any atom is -0.495 e. The maximum Gasteiger partial charge on any atom is 0.272 e. The van der Waals surface area contributed by atoms with Gasteiger partial charge in [0.2, 0.25) is 5.91 Å². The summed E-state index contributed by atoms with van der Waals surface area (Å²) in [5.74, 6) is -0.610. The molecule has 0 fully saturated rings. The van der Waals surface area contributed by atoms with E-state index in [0.29, 0.717) is 27.7 Å². The van der Waals surface area contributed by atoms with E-state index in [4.69, 9.17) is 16.3 Å². The number of halogens is 1. The lowest BCUT2D eigenvalue weighted by atomic mass is 10.1. The molecule has 1 aromatic heterocycles. The Hall–Kier alpha value is -4.83. The van der Waals surface area contributed by atoms with Gasteiger partial charge in [0, 0.05) is 21.2 Å². The van der Waals surface area contributed by atoms with Gasteiger partial charge in [-0.05, 0) is 88.6 Å². The van der Waals surface area contributed by atoms with E-state index in [1.165, 1.54) is 30.2 Å². The van der Waals surface area contributed by atoms with Crippen LogP contribution in [0.3, 0.4) is 0 Å². The van der Waals surface area contributed by atoms with Crippen LogP contribution < -0.4 is 20.7 Å². The number of thioether (sulfide) groups is 1. The quantitative estimate of drug-likeness (QED) is 0.0985. The van der Waals surface area contributed by atoms with Crippen molar-refractivity contribution in [3.8, 4) is 5.75 Å². The zero-order chi connectivity index (χ0) is 31.6. The lowest BCUT2D eigenvalue weighted by molar-refractivity contribution is -0.116. The Kier molecular flexibility index (Phi) is 10.7. The van der Waals surface area contributed by atoms with Gasteiger partial charge in [0.25, 0.3) is 11.8 Å². The van der Waals surface area contributed by atoms with Crippen LogP contribution in [0.2, 0.25) is 5.02 Å². The lowest BCUT2D eigenvalue weighted by Gasteiger charge is -2.18. The SMILES string of the molecule is COc1ccc(Cl)cc1NC(=O)C(Sc1ccc(NC(=O)/C(=C/c2ccsc2)NC(=O)c2ccccc2)cc1)c1ccccc1. The van der Waals surface area contributed by atoms with E-state index >= 15 is 0 Å². The summed E-state index contributed by atoms with van der Waals surface area (Å²) in [6, 6.07) is 32.2. The largest absolute Gasteiger partial charge is 0.495 e. The van der Waals surface area contributed by atoms with Crippen LogP contribution in [0.25, 0.3) is 6.08 Å². The van der Waals surface area contributed by atoms with E-state index in [9.17, 15) is 14.4 Å². The highest BCUT2D eigenvalue weighted by molar-refractivity contribution is 8.00. The molecule has 3 amide bonds. The number of benzene rings is 4.